The van der Waals surface area contributed by atoms with Gasteiger partial charge in [0.2, 0.25) is 5.89 Å². The van der Waals surface area contributed by atoms with E-state index in [4.69, 9.17) is 9.26 Å². The minimum Gasteiger partial charge on any atom is -0.377 e. The summed E-state index contributed by atoms with van der Waals surface area (Å²) in [7, 11) is 0. The molecule has 0 bridgehead atoms. The van der Waals surface area contributed by atoms with Crippen LogP contribution < -0.4 is 0 Å². The summed E-state index contributed by atoms with van der Waals surface area (Å²) < 4.78 is 10.9. The minimum absolute atomic E-state index is 0.258. The van der Waals surface area contributed by atoms with Crippen molar-refractivity contribution < 1.29 is 9.26 Å². The third-order valence-corrected chi connectivity index (χ3v) is 4.22. The summed E-state index contributed by atoms with van der Waals surface area (Å²) in [6, 6.07) is 0. The van der Waals surface area contributed by atoms with Gasteiger partial charge in [0.1, 0.15) is 0 Å². The summed E-state index contributed by atoms with van der Waals surface area (Å²) in [5.74, 6) is 2.55. The molecule has 0 aromatic carbocycles. The van der Waals surface area contributed by atoms with Gasteiger partial charge >= 0.3 is 0 Å². The van der Waals surface area contributed by atoms with Gasteiger partial charge in [-0.1, -0.05) is 12.1 Å². The molecule has 5 heteroatoms. The van der Waals surface area contributed by atoms with E-state index in [1.54, 1.807) is 0 Å². The lowest BCUT2D eigenvalue weighted by atomic mass is 10.1. The second-order valence-electron chi connectivity index (χ2n) is 4.37. The van der Waals surface area contributed by atoms with Crippen LogP contribution in [0.5, 0.6) is 0 Å². The second-order valence-corrected chi connectivity index (χ2v) is 5.74. The number of ether oxygens (including phenoxy) is 1. The van der Waals surface area contributed by atoms with E-state index in [9.17, 15) is 0 Å². The van der Waals surface area contributed by atoms with Gasteiger partial charge in [-0.3, -0.25) is 0 Å². The SMILES string of the molecule is CCc1noc([C@H](C)SC[C@H]2CCCCO2)n1. The van der Waals surface area contributed by atoms with Crippen molar-refractivity contribution in [1.82, 2.24) is 10.1 Å². The van der Waals surface area contributed by atoms with Crippen molar-refractivity contribution in [3.05, 3.63) is 11.7 Å². The van der Waals surface area contributed by atoms with Gasteiger partial charge in [0.25, 0.3) is 0 Å². The van der Waals surface area contributed by atoms with Crippen LogP contribution in [0.1, 0.15) is 50.1 Å². The van der Waals surface area contributed by atoms with Crippen molar-refractivity contribution in [2.24, 2.45) is 0 Å². The zero-order valence-electron chi connectivity index (χ0n) is 10.5. The molecule has 0 saturated carbocycles. The van der Waals surface area contributed by atoms with Gasteiger partial charge in [-0.15, -0.1) is 11.8 Å². The summed E-state index contributed by atoms with van der Waals surface area (Å²) in [4.78, 5) is 4.35. The topological polar surface area (TPSA) is 48.2 Å². The summed E-state index contributed by atoms with van der Waals surface area (Å²) in [5, 5.41) is 4.18. The molecule has 2 atom stereocenters. The zero-order chi connectivity index (χ0) is 12.1. The molecule has 0 N–H and O–H groups in total. The van der Waals surface area contributed by atoms with E-state index in [0.717, 1.165) is 30.5 Å². The maximum atomic E-state index is 5.70. The molecule has 1 aliphatic heterocycles. The van der Waals surface area contributed by atoms with Crippen molar-refractivity contribution in [1.29, 1.82) is 0 Å². The number of hydrogen-bond donors (Lipinski definition) is 0. The molecule has 0 spiro atoms. The molecule has 2 rings (SSSR count). The Morgan fingerprint density at radius 1 is 1.47 bits per heavy atom. The fourth-order valence-corrected chi connectivity index (χ4v) is 2.84. The van der Waals surface area contributed by atoms with Crippen LogP contribution in [0.25, 0.3) is 0 Å². The first-order valence-corrected chi connectivity index (χ1v) is 7.40. The number of thioether (sulfide) groups is 1. The van der Waals surface area contributed by atoms with Crippen LogP contribution in [0.4, 0.5) is 0 Å². The van der Waals surface area contributed by atoms with Crippen LogP contribution in [0.2, 0.25) is 0 Å². The normalized spacial score (nSPS) is 22.6. The van der Waals surface area contributed by atoms with Gasteiger partial charge in [-0.05, 0) is 26.2 Å². The Bertz CT molecular complexity index is 337. The van der Waals surface area contributed by atoms with E-state index >= 15 is 0 Å². The molecule has 2 heterocycles. The van der Waals surface area contributed by atoms with Crippen molar-refractivity contribution in [2.45, 2.75) is 50.9 Å². The Labute approximate surface area is 106 Å². The fraction of sp³-hybridized carbons (Fsp3) is 0.833. The Balaban J connectivity index is 1.77. The van der Waals surface area contributed by atoms with E-state index in [2.05, 4.69) is 17.1 Å². The summed E-state index contributed by atoms with van der Waals surface area (Å²) in [5.41, 5.74) is 0. The van der Waals surface area contributed by atoms with E-state index in [1.807, 2.05) is 18.7 Å². The van der Waals surface area contributed by atoms with Crippen LogP contribution in [0.3, 0.4) is 0 Å². The van der Waals surface area contributed by atoms with Crippen LogP contribution in [0, 0.1) is 0 Å². The molecular formula is C12H20N2O2S. The average molecular weight is 256 g/mol. The molecular weight excluding hydrogens is 236 g/mol. The highest BCUT2D eigenvalue weighted by molar-refractivity contribution is 7.99. The van der Waals surface area contributed by atoms with Gasteiger partial charge in [0.15, 0.2) is 5.82 Å². The van der Waals surface area contributed by atoms with Gasteiger partial charge in [-0.25, -0.2) is 0 Å². The standard InChI is InChI=1S/C12H20N2O2S/c1-3-11-13-12(16-14-11)9(2)17-8-10-6-4-5-7-15-10/h9-10H,3-8H2,1-2H3/t9-,10+/m0/s1. The fourth-order valence-electron chi connectivity index (χ4n) is 1.84. The van der Waals surface area contributed by atoms with E-state index in [-0.39, 0.29) is 5.25 Å². The highest BCUT2D eigenvalue weighted by Crippen LogP contribution is 2.29. The molecule has 0 radical (unpaired) electrons. The quantitative estimate of drug-likeness (QED) is 0.810. The Hall–Kier alpha value is -0.550. The largest absolute Gasteiger partial charge is 0.377 e. The van der Waals surface area contributed by atoms with Crippen molar-refractivity contribution in [3.63, 3.8) is 0 Å². The molecule has 4 nitrogen and oxygen atoms in total. The van der Waals surface area contributed by atoms with Crippen LogP contribution >= 0.6 is 11.8 Å². The predicted molar refractivity (Wildman–Crippen MR) is 68.1 cm³/mol. The molecule has 0 amide bonds. The number of rotatable bonds is 5. The summed E-state index contributed by atoms with van der Waals surface area (Å²) in [6.45, 7) is 5.06. The number of nitrogens with zero attached hydrogens (tertiary/aromatic N) is 2. The molecule has 1 saturated heterocycles. The molecule has 1 aromatic heterocycles. The van der Waals surface area contributed by atoms with Gasteiger partial charge in [0.05, 0.1) is 11.4 Å². The molecule has 0 unspecified atom stereocenters. The lowest BCUT2D eigenvalue weighted by Gasteiger charge is -2.22. The van der Waals surface area contributed by atoms with Crippen molar-refractivity contribution in [2.75, 3.05) is 12.4 Å². The highest BCUT2D eigenvalue weighted by atomic mass is 32.2. The van der Waals surface area contributed by atoms with Gasteiger partial charge in [-0.2, -0.15) is 4.98 Å². The van der Waals surface area contributed by atoms with Crippen LogP contribution in [-0.4, -0.2) is 28.6 Å². The molecule has 0 aliphatic carbocycles. The smallest absolute Gasteiger partial charge is 0.239 e. The number of aryl methyl sites for hydroxylation is 1. The monoisotopic (exact) mass is 256 g/mol. The Morgan fingerprint density at radius 2 is 2.35 bits per heavy atom. The third kappa shape index (κ3) is 3.71. The molecule has 1 fully saturated rings. The highest BCUT2D eigenvalue weighted by Gasteiger charge is 2.19. The summed E-state index contributed by atoms with van der Waals surface area (Å²) >= 11 is 1.84. The predicted octanol–water partition coefficient (Wildman–Crippen LogP) is 3.00. The van der Waals surface area contributed by atoms with E-state index in [1.165, 1.54) is 19.3 Å². The lowest BCUT2D eigenvalue weighted by Crippen LogP contribution is -2.21. The minimum atomic E-state index is 0.258. The third-order valence-electron chi connectivity index (χ3n) is 2.95. The first kappa shape index (κ1) is 12.9. The Morgan fingerprint density at radius 3 is 3.00 bits per heavy atom. The molecule has 1 aliphatic rings. The number of aromatic nitrogens is 2. The van der Waals surface area contributed by atoms with E-state index < -0.39 is 0 Å². The number of hydrogen-bond acceptors (Lipinski definition) is 5. The van der Waals surface area contributed by atoms with Crippen LogP contribution in [0.15, 0.2) is 4.52 Å². The summed E-state index contributed by atoms with van der Waals surface area (Å²) in [6.07, 6.45) is 4.92. The molecule has 17 heavy (non-hydrogen) atoms. The van der Waals surface area contributed by atoms with Gasteiger partial charge in [0, 0.05) is 18.8 Å². The van der Waals surface area contributed by atoms with Crippen molar-refractivity contribution >= 4 is 11.8 Å². The Kier molecular flexibility index (Phi) is 4.86. The van der Waals surface area contributed by atoms with E-state index in [0.29, 0.717) is 6.10 Å². The average Bonchev–Trinajstić information content (AvgIpc) is 2.86. The first-order valence-electron chi connectivity index (χ1n) is 6.35. The molecule has 96 valence electrons. The maximum Gasteiger partial charge on any atom is 0.239 e. The van der Waals surface area contributed by atoms with Crippen LogP contribution in [-0.2, 0) is 11.2 Å². The zero-order valence-corrected chi connectivity index (χ0v) is 11.3. The maximum absolute atomic E-state index is 5.70. The first-order chi connectivity index (χ1) is 8.29. The van der Waals surface area contributed by atoms with Crippen molar-refractivity contribution in [3.8, 4) is 0 Å². The second kappa shape index (κ2) is 6.40. The lowest BCUT2D eigenvalue weighted by molar-refractivity contribution is 0.0315. The molecule has 1 aromatic rings. The van der Waals surface area contributed by atoms with Gasteiger partial charge < -0.3 is 9.26 Å².